The third-order valence-electron chi connectivity index (χ3n) is 4.18. The fourth-order valence-electron chi connectivity index (χ4n) is 2.80. The van der Waals surface area contributed by atoms with Gasteiger partial charge in [-0.3, -0.25) is 14.8 Å². The summed E-state index contributed by atoms with van der Waals surface area (Å²) in [4.78, 5) is 21.2. The summed E-state index contributed by atoms with van der Waals surface area (Å²) in [7, 11) is 1.59. The van der Waals surface area contributed by atoms with Crippen LogP contribution in [0.1, 0.15) is 27.3 Å². The molecule has 6 heteroatoms. The van der Waals surface area contributed by atoms with Gasteiger partial charge in [-0.05, 0) is 48.4 Å². The zero-order valence-corrected chi connectivity index (χ0v) is 16.0. The van der Waals surface area contributed by atoms with E-state index in [0.29, 0.717) is 23.7 Å². The van der Waals surface area contributed by atoms with Gasteiger partial charge in [-0.25, -0.2) is 0 Å². The highest BCUT2D eigenvalue weighted by Crippen LogP contribution is 2.25. The average molecular weight is 382 g/mol. The Morgan fingerprint density at radius 3 is 2.74 bits per heavy atom. The summed E-state index contributed by atoms with van der Waals surface area (Å²) in [6.07, 6.45) is 3.40. The third kappa shape index (κ3) is 4.63. The highest BCUT2D eigenvalue weighted by molar-refractivity contribution is 6.17. The molecule has 0 saturated heterocycles. The Morgan fingerprint density at radius 2 is 2.00 bits per heavy atom. The largest absolute Gasteiger partial charge is 0.497 e. The minimum absolute atomic E-state index is 0.186. The Balaban J connectivity index is 1.83. The summed E-state index contributed by atoms with van der Waals surface area (Å²) in [5, 5.41) is 2.90. The van der Waals surface area contributed by atoms with Crippen LogP contribution in [0.25, 0.3) is 11.1 Å². The summed E-state index contributed by atoms with van der Waals surface area (Å²) < 4.78 is 5.18. The number of carbonyl (C=O) groups is 1. The minimum atomic E-state index is -0.186. The number of alkyl halides is 1. The van der Waals surface area contributed by atoms with E-state index in [0.717, 1.165) is 28.1 Å². The van der Waals surface area contributed by atoms with E-state index >= 15 is 0 Å². The Morgan fingerprint density at radius 1 is 1.15 bits per heavy atom. The van der Waals surface area contributed by atoms with Crippen LogP contribution in [0.4, 0.5) is 0 Å². The maximum Gasteiger partial charge on any atom is 0.251 e. The number of benzene rings is 1. The van der Waals surface area contributed by atoms with Gasteiger partial charge in [-0.15, -0.1) is 11.6 Å². The number of aryl methyl sites for hydroxylation is 1. The number of rotatable bonds is 6. The number of hydrogen-bond acceptors (Lipinski definition) is 4. The lowest BCUT2D eigenvalue weighted by molar-refractivity contribution is 0.0950. The van der Waals surface area contributed by atoms with Crippen molar-refractivity contribution in [3.8, 4) is 16.9 Å². The van der Waals surface area contributed by atoms with Gasteiger partial charge in [0.2, 0.25) is 0 Å². The van der Waals surface area contributed by atoms with Crippen LogP contribution in [0, 0.1) is 6.92 Å². The maximum absolute atomic E-state index is 12.7. The van der Waals surface area contributed by atoms with Gasteiger partial charge in [-0.1, -0.05) is 6.07 Å². The van der Waals surface area contributed by atoms with Crippen LogP contribution in [0.15, 0.2) is 54.9 Å². The summed E-state index contributed by atoms with van der Waals surface area (Å²) >= 11 is 6.04. The van der Waals surface area contributed by atoms with Crippen molar-refractivity contribution >= 4 is 17.5 Å². The Hall–Kier alpha value is -2.92. The van der Waals surface area contributed by atoms with Crippen LogP contribution >= 0.6 is 11.6 Å². The molecular weight excluding hydrogens is 362 g/mol. The molecule has 1 amide bonds. The van der Waals surface area contributed by atoms with Crippen molar-refractivity contribution in [3.63, 3.8) is 0 Å². The van der Waals surface area contributed by atoms with Crippen molar-refractivity contribution in [2.24, 2.45) is 0 Å². The van der Waals surface area contributed by atoms with Crippen LogP contribution in [-0.2, 0) is 12.4 Å². The molecule has 0 spiro atoms. The number of pyridine rings is 2. The van der Waals surface area contributed by atoms with Crippen molar-refractivity contribution in [2.75, 3.05) is 7.11 Å². The second-order valence-electron chi connectivity index (χ2n) is 6.06. The van der Waals surface area contributed by atoms with Crippen molar-refractivity contribution in [1.29, 1.82) is 0 Å². The molecule has 0 bridgehead atoms. The van der Waals surface area contributed by atoms with E-state index in [1.165, 1.54) is 0 Å². The maximum atomic E-state index is 12.7. The highest BCUT2D eigenvalue weighted by Gasteiger charge is 2.11. The second kappa shape index (κ2) is 8.64. The van der Waals surface area contributed by atoms with Crippen LogP contribution < -0.4 is 10.1 Å². The smallest absolute Gasteiger partial charge is 0.251 e. The van der Waals surface area contributed by atoms with Gasteiger partial charge in [0.25, 0.3) is 5.91 Å². The van der Waals surface area contributed by atoms with Crippen LogP contribution in [0.3, 0.4) is 0 Å². The molecular formula is C21H20ClN3O2. The summed E-state index contributed by atoms with van der Waals surface area (Å²) in [6, 6.07) is 13.1. The third-order valence-corrected chi connectivity index (χ3v) is 4.49. The standard InChI is InChI=1S/C21H20ClN3O2/c1-14-20(4-3-6-23-14)16-8-15(12-22)9-17(10-16)21(26)25-13-18-11-19(27-2)5-7-24-18/h3-11H,12-13H2,1-2H3,(H,25,26). The summed E-state index contributed by atoms with van der Waals surface area (Å²) in [5.41, 5.74) is 4.95. The van der Waals surface area contributed by atoms with E-state index in [9.17, 15) is 4.79 Å². The molecule has 0 aliphatic carbocycles. The number of amides is 1. The van der Waals surface area contributed by atoms with Crippen molar-refractivity contribution in [2.45, 2.75) is 19.3 Å². The summed E-state index contributed by atoms with van der Waals surface area (Å²) in [6.45, 7) is 2.25. The first-order valence-electron chi connectivity index (χ1n) is 8.49. The average Bonchev–Trinajstić information content (AvgIpc) is 2.72. The van der Waals surface area contributed by atoms with E-state index in [-0.39, 0.29) is 5.91 Å². The monoisotopic (exact) mass is 381 g/mol. The van der Waals surface area contributed by atoms with Gasteiger partial charge in [-0.2, -0.15) is 0 Å². The van der Waals surface area contributed by atoms with Crippen molar-refractivity contribution in [1.82, 2.24) is 15.3 Å². The van der Waals surface area contributed by atoms with Gasteiger partial charge < -0.3 is 10.1 Å². The van der Waals surface area contributed by atoms with E-state index in [2.05, 4.69) is 15.3 Å². The first-order valence-corrected chi connectivity index (χ1v) is 9.03. The van der Waals surface area contributed by atoms with Crippen LogP contribution in [-0.4, -0.2) is 23.0 Å². The number of nitrogens with zero attached hydrogens (tertiary/aromatic N) is 2. The molecule has 0 aliphatic heterocycles. The fourth-order valence-corrected chi connectivity index (χ4v) is 2.95. The normalized spacial score (nSPS) is 10.5. The molecule has 0 unspecified atom stereocenters. The zero-order chi connectivity index (χ0) is 19.2. The Bertz CT molecular complexity index is 960. The molecule has 1 N–H and O–H groups in total. The number of hydrogen-bond donors (Lipinski definition) is 1. The first kappa shape index (κ1) is 18.9. The number of halogens is 1. The first-order chi connectivity index (χ1) is 13.1. The molecule has 2 heterocycles. The molecule has 3 rings (SSSR count). The van der Waals surface area contributed by atoms with Gasteiger partial charge >= 0.3 is 0 Å². The number of carbonyl (C=O) groups excluding carboxylic acids is 1. The van der Waals surface area contributed by atoms with Gasteiger partial charge in [0.1, 0.15) is 5.75 Å². The molecule has 1 aromatic carbocycles. The summed E-state index contributed by atoms with van der Waals surface area (Å²) in [5.74, 6) is 0.840. The Labute approximate surface area is 163 Å². The van der Waals surface area contributed by atoms with E-state index in [4.69, 9.17) is 16.3 Å². The molecule has 3 aromatic rings. The van der Waals surface area contributed by atoms with Crippen LogP contribution in [0.5, 0.6) is 5.75 Å². The van der Waals surface area contributed by atoms with Crippen molar-refractivity contribution in [3.05, 3.63) is 77.4 Å². The zero-order valence-electron chi connectivity index (χ0n) is 15.2. The van der Waals surface area contributed by atoms with Gasteiger partial charge in [0.15, 0.2) is 0 Å². The van der Waals surface area contributed by atoms with Crippen molar-refractivity contribution < 1.29 is 9.53 Å². The molecule has 2 aromatic heterocycles. The molecule has 138 valence electrons. The lowest BCUT2D eigenvalue weighted by Gasteiger charge is -2.11. The molecule has 27 heavy (non-hydrogen) atoms. The number of aromatic nitrogens is 2. The SMILES string of the molecule is COc1ccnc(CNC(=O)c2cc(CCl)cc(-c3cccnc3C)c2)c1. The quantitative estimate of drug-likeness (QED) is 0.652. The molecule has 0 saturated carbocycles. The fraction of sp³-hybridized carbons (Fsp3) is 0.190. The van der Waals surface area contributed by atoms with Crippen LogP contribution in [0.2, 0.25) is 0 Å². The molecule has 5 nitrogen and oxygen atoms in total. The number of methoxy groups -OCH3 is 1. The predicted octanol–water partition coefficient (Wildman–Crippen LogP) is 4.13. The number of ether oxygens (including phenoxy) is 1. The van der Waals surface area contributed by atoms with E-state index in [1.807, 2.05) is 31.2 Å². The van der Waals surface area contributed by atoms with Gasteiger partial charge in [0, 0.05) is 41.2 Å². The molecule has 0 fully saturated rings. The van der Waals surface area contributed by atoms with E-state index in [1.54, 1.807) is 37.7 Å². The second-order valence-corrected chi connectivity index (χ2v) is 6.33. The predicted molar refractivity (Wildman–Crippen MR) is 106 cm³/mol. The Kier molecular flexibility index (Phi) is 6.04. The van der Waals surface area contributed by atoms with E-state index < -0.39 is 0 Å². The lowest BCUT2D eigenvalue weighted by atomic mass is 9.99. The molecule has 0 atom stereocenters. The highest BCUT2D eigenvalue weighted by atomic mass is 35.5. The number of nitrogens with one attached hydrogen (secondary N) is 1. The lowest BCUT2D eigenvalue weighted by Crippen LogP contribution is -2.23. The molecule has 0 radical (unpaired) electrons. The minimum Gasteiger partial charge on any atom is -0.497 e. The van der Waals surface area contributed by atoms with Gasteiger partial charge in [0.05, 0.1) is 19.3 Å². The molecule has 0 aliphatic rings. The topological polar surface area (TPSA) is 64.1 Å².